The molecular weight excluding hydrogens is 308 g/mol. The second-order valence-corrected chi connectivity index (χ2v) is 7.55. The zero-order valence-electron chi connectivity index (χ0n) is 15.5. The minimum atomic E-state index is 0.106. The highest BCUT2D eigenvalue weighted by Gasteiger charge is 2.34. The van der Waals surface area contributed by atoms with Crippen LogP contribution in [0.2, 0.25) is 0 Å². The Labute approximate surface area is 151 Å². The second-order valence-electron chi connectivity index (χ2n) is 7.55. The van der Waals surface area contributed by atoms with Gasteiger partial charge in [-0.2, -0.15) is 0 Å². The SMILES string of the molecule is Cc1ccccc1NC(=O)C[NH+](Cc1ccc(C(C)C)cc1)C1CC1. The molecule has 3 rings (SSSR count). The highest BCUT2D eigenvalue weighted by molar-refractivity contribution is 5.92. The van der Waals surface area contributed by atoms with Crippen molar-refractivity contribution in [1.29, 1.82) is 0 Å². The van der Waals surface area contributed by atoms with Gasteiger partial charge in [-0.1, -0.05) is 56.3 Å². The molecule has 25 heavy (non-hydrogen) atoms. The van der Waals surface area contributed by atoms with Crippen LogP contribution in [0.4, 0.5) is 5.69 Å². The molecule has 1 atom stereocenters. The predicted molar refractivity (Wildman–Crippen MR) is 103 cm³/mol. The molecule has 2 N–H and O–H groups in total. The van der Waals surface area contributed by atoms with Gasteiger partial charge in [-0.05, 0) is 30.0 Å². The molecule has 2 aromatic carbocycles. The van der Waals surface area contributed by atoms with Crippen LogP contribution in [-0.2, 0) is 11.3 Å². The van der Waals surface area contributed by atoms with E-state index in [0.717, 1.165) is 17.8 Å². The van der Waals surface area contributed by atoms with Crippen LogP contribution in [-0.4, -0.2) is 18.5 Å². The Balaban J connectivity index is 1.61. The molecule has 0 heterocycles. The zero-order valence-corrected chi connectivity index (χ0v) is 15.5. The first-order valence-corrected chi connectivity index (χ1v) is 9.32. The maximum atomic E-state index is 12.5. The fraction of sp³-hybridized carbons (Fsp3) is 0.409. The monoisotopic (exact) mass is 337 g/mol. The number of hydrogen-bond donors (Lipinski definition) is 2. The number of carbonyl (C=O) groups is 1. The van der Waals surface area contributed by atoms with Crippen molar-refractivity contribution in [2.75, 3.05) is 11.9 Å². The molecule has 0 radical (unpaired) electrons. The quantitative estimate of drug-likeness (QED) is 0.798. The number of para-hydroxylation sites is 1. The van der Waals surface area contributed by atoms with Gasteiger partial charge in [0, 0.05) is 24.1 Å². The predicted octanol–water partition coefficient (Wildman–Crippen LogP) is 3.30. The van der Waals surface area contributed by atoms with E-state index in [1.807, 2.05) is 31.2 Å². The summed E-state index contributed by atoms with van der Waals surface area (Å²) in [5.74, 6) is 0.663. The third-order valence-electron chi connectivity index (χ3n) is 5.04. The number of nitrogens with one attached hydrogen (secondary N) is 2. The number of aryl methyl sites for hydroxylation is 1. The van der Waals surface area contributed by atoms with E-state index in [1.165, 1.54) is 28.9 Å². The van der Waals surface area contributed by atoms with E-state index in [4.69, 9.17) is 0 Å². The second kappa shape index (κ2) is 7.83. The summed E-state index contributed by atoms with van der Waals surface area (Å²) in [6.45, 7) is 7.91. The van der Waals surface area contributed by atoms with Gasteiger partial charge < -0.3 is 10.2 Å². The minimum absolute atomic E-state index is 0.106. The Bertz CT molecular complexity index is 717. The summed E-state index contributed by atoms with van der Waals surface area (Å²) in [6.07, 6.45) is 2.47. The average molecular weight is 337 g/mol. The summed E-state index contributed by atoms with van der Waals surface area (Å²) in [5, 5.41) is 3.07. The molecule has 132 valence electrons. The Hall–Kier alpha value is -2.13. The highest BCUT2D eigenvalue weighted by Crippen LogP contribution is 2.18. The van der Waals surface area contributed by atoms with Crippen molar-refractivity contribution in [2.45, 2.75) is 52.1 Å². The molecule has 0 aliphatic heterocycles. The van der Waals surface area contributed by atoms with Crippen molar-refractivity contribution in [3.63, 3.8) is 0 Å². The van der Waals surface area contributed by atoms with E-state index >= 15 is 0 Å². The summed E-state index contributed by atoms with van der Waals surface area (Å²) >= 11 is 0. The molecule has 0 bridgehead atoms. The Morgan fingerprint density at radius 2 is 1.80 bits per heavy atom. The maximum absolute atomic E-state index is 12.5. The Morgan fingerprint density at radius 3 is 2.40 bits per heavy atom. The fourth-order valence-electron chi connectivity index (χ4n) is 3.24. The lowest BCUT2D eigenvalue weighted by Gasteiger charge is -2.19. The molecule has 2 aromatic rings. The van der Waals surface area contributed by atoms with Crippen LogP contribution in [0.3, 0.4) is 0 Å². The van der Waals surface area contributed by atoms with Crippen molar-refractivity contribution in [3.05, 3.63) is 65.2 Å². The number of carbonyl (C=O) groups excluding carboxylic acids is 1. The zero-order chi connectivity index (χ0) is 17.8. The molecule has 1 aliphatic carbocycles. The van der Waals surface area contributed by atoms with E-state index in [1.54, 1.807) is 0 Å². The number of rotatable bonds is 7. The molecule has 1 amide bonds. The molecule has 1 aliphatic rings. The molecule has 1 fully saturated rings. The summed E-state index contributed by atoms with van der Waals surface area (Å²) in [6, 6.07) is 17.5. The third-order valence-corrected chi connectivity index (χ3v) is 5.04. The maximum Gasteiger partial charge on any atom is 0.279 e. The summed E-state index contributed by atoms with van der Waals surface area (Å²) in [7, 11) is 0. The highest BCUT2D eigenvalue weighted by atomic mass is 16.2. The number of amides is 1. The smallest absolute Gasteiger partial charge is 0.279 e. The van der Waals surface area contributed by atoms with E-state index in [-0.39, 0.29) is 5.91 Å². The summed E-state index contributed by atoms with van der Waals surface area (Å²) in [4.78, 5) is 13.9. The van der Waals surface area contributed by atoms with Crippen LogP contribution in [0.5, 0.6) is 0 Å². The van der Waals surface area contributed by atoms with Gasteiger partial charge in [-0.15, -0.1) is 0 Å². The molecule has 0 aromatic heterocycles. The van der Waals surface area contributed by atoms with E-state index in [9.17, 15) is 4.79 Å². The first-order chi connectivity index (χ1) is 12.0. The van der Waals surface area contributed by atoms with Crippen molar-refractivity contribution in [1.82, 2.24) is 0 Å². The molecular formula is C22H29N2O+. The van der Waals surface area contributed by atoms with Gasteiger partial charge in [0.05, 0.1) is 6.04 Å². The van der Waals surface area contributed by atoms with Crippen molar-refractivity contribution < 1.29 is 9.69 Å². The third kappa shape index (κ3) is 4.93. The Morgan fingerprint density at radius 1 is 1.12 bits per heavy atom. The number of anilines is 1. The van der Waals surface area contributed by atoms with Crippen molar-refractivity contribution in [2.24, 2.45) is 0 Å². The summed E-state index contributed by atoms with van der Waals surface area (Å²) in [5.41, 5.74) is 4.71. The molecule has 3 heteroatoms. The van der Waals surface area contributed by atoms with E-state index in [0.29, 0.717) is 18.5 Å². The molecule has 0 spiro atoms. The fourth-order valence-corrected chi connectivity index (χ4v) is 3.24. The average Bonchev–Trinajstić information content (AvgIpc) is 3.42. The molecule has 1 unspecified atom stereocenters. The van der Waals surface area contributed by atoms with Gasteiger partial charge in [0.1, 0.15) is 6.54 Å². The van der Waals surface area contributed by atoms with Crippen LogP contribution in [0, 0.1) is 6.92 Å². The number of benzene rings is 2. The lowest BCUT2D eigenvalue weighted by molar-refractivity contribution is -0.916. The van der Waals surface area contributed by atoms with Gasteiger partial charge in [-0.25, -0.2) is 0 Å². The molecule has 1 saturated carbocycles. The standard InChI is InChI=1S/C22H28N2O/c1-16(2)19-10-8-18(9-11-19)14-24(20-12-13-20)15-22(25)23-21-7-5-4-6-17(21)3/h4-11,16,20H,12-15H2,1-3H3,(H,23,25)/p+1. The summed E-state index contributed by atoms with van der Waals surface area (Å²) < 4.78 is 0. The largest absolute Gasteiger partial charge is 0.321 e. The van der Waals surface area contributed by atoms with Gasteiger partial charge in [0.2, 0.25) is 0 Å². The van der Waals surface area contributed by atoms with Gasteiger partial charge >= 0.3 is 0 Å². The number of quaternary nitrogens is 1. The van der Waals surface area contributed by atoms with Crippen LogP contribution in [0.15, 0.2) is 48.5 Å². The van der Waals surface area contributed by atoms with Crippen molar-refractivity contribution in [3.8, 4) is 0 Å². The van der Waals surface area contributed by atoms with Gasteiger partial charge in [-0.3, -0.25) is 4.79 Å². The molecule has 0 saturated heterocycles. The first kappa shape index (κ1) is 17.7. The van der Waals surface area contributed by atoms with Crippen molar-refractivity contribution >= 4 is 11.6 Å². The first-order valence-electron chi connectivity index (χ1n) is 9.32. The van der Waals surface area contributed by atoms with Crippen LogP contribution >= 0.6 is 0 Å². The topological polar surface area (TPSA) is 33.5 Å². The van der Waals surface area contributed by atoms with E-state index < -0.39 is 0 Å². The van der Waals surface area contributed by atoms with Crippen LogP contribution < -0.4 is 10.2 Å². The lowest BCUT2D eigenvalue weighted by atomic mass is 10.0. The van der Waals surface area contributed by atoms with E-state index in [2.05, 4.69) is 43.4 Å². The lowest BCUT2D eigenvalue weighted by Crippen LogP contribution is -3.13. The molecule has 3 nitrogen and oxygen atoms in total. The number of hydrogen-bond acceptors (Lipinski definition) is 1. The van der Waals surface area contributed by atoms with Gasteiger partial charge in [0.15, 0.2) is 6.54 Å². The normalized spacial score (nSPS) is 15.2. The van der Waals surface area contributed by atoms with Crippen LogP contribution in [0.1, 0.15) is 49.3 Å². The van der Waals surface area contributed by atoms with Crippen LogP contribution in [0.25, 0.3) is 0 Å². The minimum Gasteiger partial charge on any atom is -0.321 e. The van der Waals surface area contributed by atoms with Gasteiger partial charge in [0.25, 0.3) is 5.91 Å². The Kier molecular flexibility index (Phi) is 5.54.